The van der Waals surface area contributed by atoms with Crippen LogP contribution in [0.5, 0.6) is 0 Å². The van der Waals surface area contributed by atoms with E-state index in [-0.39, 0.29) is 10.3 Å². The van der Waals surface area contributed by atoms with Crippen molar-refractivity contribution in [3.05, 3.63) is 63.9 Å². The summed E-state index contributed by atoms with van der Waals surface area (Å²) < 4.78 is 42.5. The molecule has 156 valence electrons. The van der Waals surface area contributed by atoms with Crippen molar-refractivity contribution in [3.8, 4) is 0 Å². The van der Waals surface area contributed by atoms with E-state index < -0.39 is 17.8 Å². The van der Waals surface area contributed by atoms with E-state index in [1.807, 2.05) is 42.8 Å². The molecule has 0 radical (unpaired) electrons. The second kappa shape index (κ2) is 7.28. The highest BCUT2D eigenvalue weighted by molar-refractivity contribution is 7.20. The number of thiophene rings is 1. The Morgan fingerprint density at radius 3 is 2.60 bits per heavy atom. The predicted octanol–water partition coefficient (Wildman–Crippen LogP) is 4.77. The van der Waals surface area contributed by atoms with E-state index in [1.54, 1.807) is 6.07 Å². The minimum atomic E-state index is -4.58. The highest BCUT2D eigenvalue weighted by Crippen LogP contribution is 2.37. The van der Waals surface area contributed by atoms with Crippen molar-refractivity contribution in [2.45, 2.75) is 26.6 Å². The van der Waals surface area contributed by atoms with E-state index in [1.165, 1.54) is 13.1 Å². The first-order chi connectivity index (χ1) is 14.1. The molecule has 0 fully saturated rings. The van der Waals surface area contributed by atoms with Crippen molar-refractivity contribution in [1.82, 2.24) is 19.6 Å². The third kappa shape index (κ3) is 3.82. The Morgan fingerprint density at radius 1 is 1.17 bits per heavy atom. The molecule has 0 unspecified atom stereocenters. The lowest BCUT2D eigenvalue weighted by molar-refractivity contribution is -0.140. The van der Waals surface area contributed by atoms with Crippen LogP contribution in [-0.2, 0) is 19.8 Å². The monoisotopic (exact) mass is 433 g/mol. The van der Waals surface area contributed by atoms with Gasteiger partial charge in [0.15, 0.2) is 5.69 Å². The van der Waals surface area contributed by atoms with Gasteiger partial charge in [0.2, 0.25) is 0 Å². The largest absolute Gasteiger partial charge is 0.435 e. The number of carbonyl (C=O) groups excluding carboxylic acids is 1. The van der Waals surface area contributed by atoms with Gasteiger partial charge < -0.3 is 5.32 Å². The average Bonchev–Trinajstić information content (AvgIpc) is 3.30. The van der Waals surface area contributed by atoms with Crippen LogP contribution in [0.15, 0.2) is 36.4 Å². The van der Waals surface area contributed by atoms with Crippen molar-refractivity contribution < 1.29 is 18.0 Å². The van der Waals surface area contributed by atoms with Crippen LogP contribution >= 0.6 is 11.3 Å². The molecule has 0 aliphatic heterocycles. The van der Waals surface area contributed by atoms with Crippen molar-refractivity contribution in [1.29, 1.82) is 0 Å². The number of halogens is 3. The van der Waals surface area contributed by atoms with Gasteiger partial charge in [-0.25, -0.2) is 0 Å². The quantitative estimate of drug-likeness (QED) is 0.504. The molecule has 30 heavy (non-hydrogen) atoms. The summed E-state index contributed by atoms with van der Waals surface area (Å²) in [5, 5.41) is 10.6. The lowest BCUT2D eigenvalue weighted by atomic mass is 10.2. The highest BCUT2D eigenvalue weighted by atomic mass is 32.1. The Bertz CT molecular complexity index is 1250. The molecule has 0 saturated carbocycles. The Morgan fingerprint density at radius 2 is 1.93 bits per heavy atom. The normalized spacial score (nSPS) is 11.9. The standard InChI is InChI=1S/C20H18F3N5OS/c1-11-7-12(2)28(25-11)10-13-5-4-6-14(8-13)24-18(29)16-9-15-17(20(21,22)23)26-27(3)19(15)30-16/h4-9H,10H2,1-3H3,(H,24,29). The second-order valence-corrected chi connectivity index (χ2v) is 8.07. The zero-order valence-electron chi connectivity index (χ0n) is 16.4. The van der Waals surface area contributed by atoms with Crippen LogP contribution in [0.2, 0.25) is 0 Å². The summed E-state index contributed by atoms with van der Waals surface area (Å²) in [7, 11) is 1.43. The van der Waals surface area contributed by atoms with Crippen LogP contribution in [0.4, 0.5) is 18.9 Å². The number of rotatable bonds is 4. The molecule has 0 bridgehead atoms. The number of carbonyl (C=O) groups is 1. The van der Waals surface area contributed by atoms with Gasteiger partial charge in [0.25, 0.3) is 5.91 Å². The molecule has 0 spiro atoms. The SMILES string of the molecule is Cc1cc(C)n(Cc2cccc(NC(=O)c3cc4c(C(F)(F)F)nn(C)c4s3)c2)n1. The third-order valence-electron chi connectivity index (χ3n) is 4.62. The molecule has 1 N–H and O–H groups in total. The number of fused-ring (bicyclic) bond motifs is 1. The number of aryl methyl sites for hydroxylation is 3. The maximum absolute atomic E-state index is 13.2. The lowest BCUT2D eigenvalue weighted by Gasteiger charge is -2.08. The minimum Gasteiger partial charge on any atom is -0.321 e. The van der Waals surface area contributed by atoms with Crippen molar-refractivity contribution in [2.75, 3.05) is 5.32 Å². The summed E-state index contributed by atoms with van der Waals surface area (Å²) >= 11 is 0.974. The van der Waals surface area contributed by atoms with Gasteiger partial charge in [-0.2, -0.15) is 23.4 Å². The maximum atomic E-state index is 13.2. The summed E-state index contributed by atoms with van der Waals surface area (Å²) in [6, 6.07) is 10.5. The fourth-order valence-corrected chi connectivity index (χ4v) is 4.28. The average molecular weight is 433 g/mol. The third-order valence-corrected chi connectivity index (χ3v) is 5.83. The maximum Gasteiger partial charge on any atom is 0.435 e. The summed E-state index contributed by atoms with van der Waals surface area (Å²) in [6.45, 7) is 4.44. The molecule has 0 saturated heterocycles. The first kappa shape index (κ1) is 20.1. The van der Waals surface area contributed by atoms with Gasteiger partial charge in [-0.15, -0.1) is 11.3 Å². The van der Waals surface area contributed by atoms with E-state index in [0.717, 1.165) is 33.0 Å². The Balaban J connectivity index is 1.56. The van der Waals surface area contributed by atoms with E-state index in [0.29, 0.717) is 17.1 Å². The van der Waals surface area contributed by atoms with E-state index in [2.05, 4.69) is 15.5 Å². The highest BCUT2D eigenvalue weighted by Gasteiger charge is 2.37. The molecule has 3 aromatic heterocycles. The molecular formula is C20H18F3N5OS. The number of benzene rings is 1. The smallest absolute Gasteiger partial charge is 0.321 e. The molecule has 0 aliphatic rings. The topological polar surface area (TPSA) is 64.7 Å². The number of amides is 1. The van der Waals surface area contributed by atoms with Crippen LogP contribution in [-0.4, -0.2) is 25.5 Å². The molecule has 3 heterocycles. The second-order valence-electron chi connectivity index (χ2n) is 7.04. The number of anilines is 1. The van der Waals surface area contributed by atoms with Gasteiger partial charge in [0, 0.05) is 23.8 Å². The summed E-state index contributed by atoms with van der Waals surface area (Å²) in [4.78, 5) is 13.1. The number of nitrogens with zero attached hydrogens (tertiary/aromatic N) is 4. The molecule has 10 heteroatoms. The molecule has 1 amide bonds. The van der Waals surface area contributed by atoms with Crippen molar-refractivity contribution in [3.63, 3.8) is 0 Å². The lowest BCUT2D eigenvalue weighted by Crippen LogP contribution is -2.11. The summed E-state index contributed by atoms with van der Waals surface area (Å²) in [5.74, 6) is -0.465. The Hall–Kier alpha value is -3.14. The molecule has 0 aliphatic carbocycles. The zero-order chi connectivity index (χ0) is 21.6. The van der Waals surface area contributed by atoms with Gasteiger partial charge in [-0.3, -0.25) is 14.2 Å². The number of aromatic nitrogens is 4. The van der Waals surface area contributed by atoms with Gasteiger partial charge in [0.05, 0.1) is 17.1 Å². The minimum absolute atomic E-state index is 0.0709. The first-order valence-electron chi connectivity index (χ1n) is 9.07. The number of alkyl halides is 3. The molecule has 4 aromatic rings. The van der Waals surface area contributed by atoms with E-state index in [4.69, 9.17) is 0 Å². The number of hydrogen-bond acceptors (Lipinski definition) is 4. The molecule has 6 nitrogen and oxygen atoms in total. The van der Waals surface area contributed by atoms with Crippen LogP contribution in [0.1, 0.15) is 32.3 Å². The summed E-state index contributed by atoms with van der Waals surface area (Å²) in [6.07, 6.45) is -4.58. The Labute approximate surface area is 173 Å². The van der Waals surface area contributed by atoms with Gasteiger partial charge >= 0.3 is 6.18 Å². The van der Waals surface area contributed by atoms with Gasteiger partial charge in [0.1, 0.15) is 4.83 Å². The fraction of sp³-hybridized carbons (Fsp3) is 0.250. The molecular weight excluding hydrogens is 415 g/mol. The molecule has 4 rings (SSSR count). The Kier molecular flexibility index (Phi) is 4.89. The van der Waals surface area contributed by atoms with Crippen LogP contribution in [0.3, 0.4) is 0 Å². The van der Waals surface area contributed by atoms with Crippen molar-refractivity contribution >= 4 is 33.1 Å². The number of hydrogen-bond donors (Lipinski definition) is 1. The predicted molar refractivity (Wildman–Crippen MR) is 109 cm³/mol. The van der Waals surface area contributed by atoms with E-state index >= 15 is 0 Å². The number of nitrogens with one attached hydrogen (secondary N) is 1. The zero-order valence-corrected chi connectivity index (χ0v) is 17.2. The van der Waals surface area contributed by atoms with Crippen LogP contribution in [0, 0.1) is 13.8 Å². The first-order valence-corrected chi connectivity index (χ1v) is 9.88. The molecule has 1 aromatic carbocycles. The van der Waals surface area contributed by atoms with Gasteiger partial charge in [-0.1, -0.05) is 12.1 Å². The van der Waals surface area contributed by atoms with Crippen LogP contribution in [0.25, 0.3) is 10.2 Å². The fourth-order valence-electron chi connectivity index (χ4n) is 3.31. The van der Waals surface area contributed by atoms with Crippen LogP contribution < -0.4 is 5.32 Å². The summed E-state index contributed by atoms with van der Waals surface area (Å²) in [5.41, 5.74) is 2.47. The van der Waals surface area contributed by atoms with Gasteiger partial charge in [-0.05, 0) is 43.7 Å². The molecule has 0 atom stereocenters. The van der Waals surface area contributed by atoms with Crippen molar-refractivity contribution in [2.24, 2.45) is 7.05 Å². The van der Waals surface area contributed by atoms with E-state index in [9.17, 15) is 18.0 Å².